The molecule has 136 valence electrons. The second kappa shape index (κ2) is 7.28. The van der Waals surface area contributed by atoms with Gasteiger partial charge in [0.15, 0.2) is 0 Å². The van der Waals surface area contributed by atoms with E-state index in [1.54, 1.807) is 4.57 Å². The molecule has 0 saturated heterocycles. The van der Waals surface area contributed by atoms with Crippen molar-refractivity contribution in [3.63, 3.8) is 0 Å². The van der Waals surface area contributed by atoms with Crippen LogP contribution in [0.15, 0.2) is 54.6 Å². The summed E-state index contributed by atoms with van der Waals surface area (Å²) in [6.07, 6.45) is 0.771. The molecule has 2 amide bonds. The van der Waals surface area contributed by atoms with Gasteiger partial charge in [-0.2, -0.15) is 0 Å². The minimum atomic E-state index is -0.679. The van der Waals surface area contributed by atoms with E-state index in [0.717, 1.165) is 22.9 Å². The van der Waals surface area contributed by atoms with Crippen molar-refractivity contribution >= 4 is 40.8 Å². The summed E-state index contributed by atoms with van der Waals surface area (Å²) in [5.41, 5.74) is 1.88. The van der Waals surface area contributed by atoms with Gasteiger partial charge in [-0.3, -0.25) is 14.2 Å². The van der Waals surface area contributed by atoms with Crippen molar-refractivity contribution in [1.82, 2.24) is 14.9 Å². The maximum atomic E-state index is 12.5. The van der Waals surface area contributed by atoms with Crippen LogP contribution in [0.1, 0.15) is 18.0 Å². The molecule has 4 rings (SSSR count). The fraction of sp³-hybridized carbons (Fsp3) is 0.200. The van der Waals surface area contributed by atoms with Crippen LogP contribution in [0.4, 0.5) is 5.82 Å². The topological polar surface area (TPSA) is 76.0 Å². The third-order valence-corrected chi connectivity index (χ3v) is 4.92. The molecule has 0 aliphatic carbocycles. The van der Waals surface area contributed by atoms with Crippen LogP contribution in [0.2, 0.25) is 0 Å². The van der Waals surface area contributed by atoms with E-state index >= 15 is 0 Å². The Morgan fingerprint density at radius 2 is 1.89 bits per heavy atom. The second-order valence-corrected chi connectivity index (χ2v) is 6.79. The second-order valence-electron chi connectivity index (χ2n) is 6.42. The van der Waals surface area contributed by atoms with E-state index < -0.39 is 6.04 Å². The van der Waals surface area contributed by atoms with E-state index in [-0.39, 0.29) is 18.2 Å². The summed E-state index contributed by atoms with van der Waals surface area (Å²) in [4.78, 5) is 29.2. The van der Waals surface area contributed by atoms with Gasteiger partial charge in [-0.1, -0.05) is 42.5 Å². The highest BCUT2D eigenvalue weighted by Crippen LogP contribution is 2.32. The molecule has 2 heterocycles. The van der Waals surface area contributed by atoms with Crippen LogP contribution in [-0.2, 0) is 16.0 Å². The fourth-order valence-electron chi connectivity index (χ4n) is 3.31. The van der Waals surface area contributed by atoms with E-state index in [4.69, 9.17) is 12.2 Å². The Bertz CT molecular complexity index is 1080. The first-order chi connectivity index (χ1) is 13.1. The lowest BCUT2D eigenvalue weighted by molar-refractivity contribution is -0.126. The molecule has 1 aliphatic rings. The number of nitrogens with one attached hydrogen (secondary N) is 2. The number of aromatic nitrogens is 2. The Kier molecular flexibility index (Phi) is 4.68. The molecule has 0 saturated carbocycles. The van der Waals surface area contributed by atoms with Crippen molar-refractivity contribution in [3.05, 3.63) is 64.9 Å². The Hall–Kier alpha value is -3.06. The highest BCUT2D eigenvalue weighted by atomic mass is 32.1. The van der Waals surface area contributed by atoms with Crippen LogP contribution in [0.3, 0.4) is 0 Å². The van der Waals surface area contributed by atoms with Crippen LogP contribution in [0.5, 0.6) is 0 Å². The number of rotatable bonds is 5. The molecule has 0 spiro atoms. The predicted octanol–water partition coefficient (Wildman–Crippen LogP) is 3.01. The lowest BCUT2D eigenvalue weighted by Gasteiger charge is -2.13. The number of hydrogen-bond donors (Lipinski definition) is 2. The summed E-state index contributed by atoms with van der Waals surface area (Å²) in [6.45, 7) is 0.519. The summed E-state index contributed by atoms with van der Waals surface area (Å²) in [5, 5.41) is 6.55. The van der Waals surface area contributed by atoms with Crippen molar-refractivity contribution in [2.45, 2.75) is 18.9 Å². The van der Waals surface area contributed by atoms with E-state index in [2.05, 4.69) is 15.6 Å². The number of benzene rings is 2. The first-order valence-electron chi connectivity index (χ1n) is 8.76. The standard InChI is InChI=1S/C20H18N4O2S/c25-17(21-11-10-13-6-2-1-3-7-13)12-16-19(26)23-18-14-8-4-5-9-15(14)22-20(27)24(16)18/h1-9,16H,10-12H2,(H,21,25)(H,23,26). The van der Waals surface area contributed by atoms with Crippen molar-refractivity contribution in [2.24, 2.45) is 0 Å². The number of hydrogen-bond acceptors (Lipinski definition) is 4. The van der Waals surface area contributed by atoms with Gasteiger partial charge in [0.05, 0.1) is 11.9 Å². The number of amides is 2. The summed E-state index contributed by atoms with van der Waals surface area (Å²) in [5.74, 6) is 0.184. The number of carbonyl (C=O) groups is 2. The van der Waals surface area contributed by atoms with Gasteiger partial charge in [-0.25, -0.2) is 4.98 Å². The molecule has 2 N–H and O–H groups in total. The molecule has 0 bridgehead atoms. The molecule has 2 aromatic carbocycles. The SMILES string of the molecule is O=C(CC1C(=O)Nc2c3ccccc3nc(=S)n21)NCCc1ccccc1. The molecule has 27 heavy (non-hydrogen) atoms. The fourth-order valence-corrected chi connectivity index (χ4v) is 3.63. The van der Waals surface area contributed by atoms with Gasteiger partial charge < -0.3 is 10.6 Å². The average Bonchev–Trinajstić information content (AvgIpc) is 3.00. The van der Waals surface area contributed by atoms with Crippen LogP contribution < -0.4 is 10.6 Å². The Labute approximate surface area is 161 Å². The summed E-state index contributed by atoms with van der Waals surface area (Å²) in [7, 11) is 0. The molecule has 0 fully saturated rings. The molecule has 1 unspecified atom stereocenters. The first-order valence-corrected chi connectivity index (χ1v) is 9.17. The Morgan fingerprint density at radius 3 is 2.70 bits per heavy atom. The third-order valence-electron chi connectivity index (χ3n) is 4.64. The molecule has 0 radical (unpaired) electrons. The van der Waals surface area contributed by atoms with Gasteiger partial charge in [0.2, 0.25) is 16.6 Å². The van der Waals surface area contributed by atoms with E-state index in [9.17, 15) is 9.59 Å². The summed E-state index contributed by atoms with van der Waals surface area (Å²) in [6, 6.07) is 16.7. The number of para-hydroxylation sites is 1. The minimum Gasteiger partial charge on any atom is -0.356 e. The minimum absolute atomic E-state index is 0.0297. The molecule has 3 aromatic rings. The number of carbonyl (C=O) groups excluding carboxylic acids is 2. The van der Waals surface area contributed by atoms with E-state index in [1.165, 1.54) is 0 Å². The zero-order valence-corrected chi connectivity index (χ0v) is 15.3. The van der Waals surface area contributed by atoms with Gasteiger partial charge in [-0.05, 0) is 36.3 Å². The molecule has 1 aliphatic heterocycles. The lowest BCUT2D eigenvalue weighted by atomic mass is 10.1. The smallest absolute Gasteiger partial charge is 0.249 e. The molecule has 6 nitrogen and oxygen atoms in total. The molecular formula is C20H18N4O2S. The van der Waals surface area contributed by atoms with Crippen molar-refractivity contribution in [2.75, 3.05) is 11.9 Å². The highest BCUT2D eigenvalue weighted by Gasteiger charge is 2.33. The monoisotopic (exact) mass is 378 g/mol. The third kappa shape index (κ3) is 3.46. The molecular weight excluding hydrogens is 360 g/mol. The maximum absolute atomic E-state index is 12.5. The van der Waals surface area contributed by atoms with Crippen LogP contribution >= 0.6 is 12.2 Å². The number of nitrogens with zero attached hydrogens (tertiary/aromatic N) is 2. The largest absolute Gasteiger partial charge is 0.356 e. The van der Waals surface area contributed by atoms with Crippen molar-refractivity contribution in [1.29, 1.82) is 0 Å². The first kappa shape index (κ1) is 17.4. The quantitative estimate of drug-likeness (QED) is 0.669. The van der Waals surface area contributed by atoms with Crippen molar-refractivity contribution in [3.8, 4) is 0 Å². The number of anilines is 1. The van der Waals surface area contributed by atoms with Gasteiger partial charge in [0.25, 0.3) is 0 Å². The van der Waals surface area contributed by atoms with Gasteiger partial charge >= 0.3 is 0 Å². The highest BCUT2D eigenvalue weighted by molar-refractivity contribution is 7.71. The Balaban J connectivity index is 1.49. The van der Waals surface area contributed by atoms with Gasteiger partial charge in [0, 0.05) is 11.9 Å². The van der Waals surface area contributed by atoms with Gasteiger partial charge in [0.1, 0.15) is 11.9 Å². The lowest BCUT2D eigenvalue weighted by Crippen LogP contribution is -2.30. The normalized spacial score (nSPS) is 15.4. The zero-order chi connectivity index (χ0) is 18.8. The maximum Gasteiger partial charge on any atom is 0.249 e. The van der Waals surface area contributed by atoms with E-state index in [0.29, 0.717) is 17.1 Å². The van der Waals surface area contributed by atoms with E-state index in [1.807, 2.05) is 54.6 Å². The van der Waals surface area contributed by atoms with Gasteiger partial charge in [-0.15, -0.1) is 0 Å². The van der Waals surface area contributed by atoms with Crippen LogP contribution in [0.25, 0.3) is 10.9 Å². The molecule has 1 aromatic heterocycles. The summed E-state index contributed by atoms with van der Waals surface area (Å²) < 4.78 is 1.95. The van der Waals surface area contributed by atoms with Crippen LogP contribution in [0, 0.1) is 4.77 Å². The Morgan fingerprint density at radius 1 is 1.15 bits per heavy atom. The summed E-state index contributed by atoms with van der Waals surface area (Å²) >= 11 is 5.37. The molecule has 7 heteroatoms. The molecule has 1 atom stereocenters. The van der Waals surface area contributed by atoms with Crippen molar-refractivity contribution < 1.29 is 9.59 Å². The number of fused-ring (bicyclic) bond motifs is 3. The zero-order valence-electron chi connectivity index (χ0n) is 14.5. The average molecular weight is 378 g/mol. The predicted molar refractivity (Wildman–Crippen MR) is 106 cm³/mol. The van der Waals surface area contributed by atoms with Crippen LogP contribution in [-0.4, -0.2) is 27.9 Å².